The monoisotopic (exact) mass is 196 g/mol. The summed E-state index contributed by atoms with van der Waals surface area (Å²) in [7, 11) is 0. The molecule has 0 fully saturated rings. The molecule has 0 heterocycles. The minimum Gasteiger partial charge on any atom is -0.258 e. The summed E-state index contributed by atoms with van der Waals surface area (Å²) in [4.78, 5) is 9.82. The van der Waals surface area contributed by atoms with E-state index < -0.39 is 10.3 Å². The second kappa shape index (κ2) is 3.87. The van der Waals surface area contributed by atoms with E-state index in [1.165, 1.54) is 18.2 Å². The van der Waals surface area contributed by atoms with Crippen LogP contribution in [0.5, 0.6) is 0 Å². The maximum absolute atomic E-state index is 10.3. The number of alkyl halides is 1. The zero-order valence-corrected chi connectivity index (χ0v) is 7.23. The van der Waals surface area contributed by atoms with E-state index in [-0.39, 0.29) is 5.69 Å². The van der Waals surface area contributed by atoms with Crippen molar-refractivity contribution in [3.8, 4) is 6.07 Å². The van der Waals surface area contributed by atoms with Gasteiger partial charge in [-0.2, -0.15) is 5.26 Å². The Labute approximate surface area is 79.5 Å². The topological polar surface area (TPSA) is 66.9 Å². The van der Waals surface area contributed by atoms with Gasteiger partial charge < -0.3 is 0 Å². The van der Waals surface area contributed by atoms with Gasteiger partial charge in [0.2, 0.25) is 0 Å². The van der Waals surface area contributed by atoms with Crippen LogP contribution in [0.4, 0.5) is 5.69 Å². The van der Waals surface area contributed by atoms with Crippen LogP contribution in [-0.2, 0) is 0 Å². The first-order chi connectivity index (χ1) is 6.15. The van der Waals surface area contributed by atoms with Crippen LogP contribution in [0.15, 0.2) is 24.3 Å². The number of hydrogen-bond donors (Lipinski definition) is 0. The van der Waals surface area contributed by atoms with Crippen LogP contribution in [0.2, 0.25) is 0 Å². The van der Waals surface area contributed by atoms with E-state index in [0.29, 0.717) is 5.56 Å². The summed E-state index contributed by atoms with van der Waals surface area (Å²) in [6.45, 7) is 0. The normalized spacial score (nSPS) is 11.7. The van der Waals surface area contributed by atoms with Gasteiger partial charge in [0.05, 0.1) is 11.0 Å². The molecule has 66 valence electrons. The van der Waals surface area contributed by atoms with E-state index >= 15 is 0 Å². The smallest absolute Gasteiger partial charge is 0.258 e. The van der Waals surface area contributed by atoms with Crippen molar-refractivity contribution >= 4 is 17.3 Å². The molecule has 4 nitrogen and oxygen atoms in total. The zero-order chi connectivity index (χ0) is 9.84. The minimum atomic E-state index is -0.833. The molecular formula is C8H5ClN2O2. The van der Waals surface area contributed by atoms with Gasteiger partial charge in [0.15, 0.2) is 0 Å². The molecule has 0 aliphatic heterocycles. The van der Waals surface area contributed by atoms with E-state index in [4.69, 9.17) is 16.9 Å². The molecule has 1 atom stereocenters. The third kappa shape index (κ3) is 2.17. The van der Waals surface area contributed by atoms with Crippen LogP contribution >= 0.6 is 11.6 Å². The molecule has 0 spiro atoms. The van der Waals surface area contributed by atoms with Crippen molar-refractivity contribution in [3.63, 3.8) is 0 Å². The summed E-state index contributed by atoms with van der Waals surface area (Å²) in [6, 6.07) is 7.51. The fraction of sp³-hybridized carbons (Fsp3) is 0.125. The van der Waals surface area contributed by atoms with Crippen LogP contribution < -0.4 is 0 Å². The summed E-state index contributed by atoms with van der Waals surface area (Å²) in [5.74, 6) is 0. The van der Waals surface area contributed by atoms with Crippen LogP contribution in [0.1, 0.15) is 10.9 Å². The molecule has 0 aliphatic carbocycles. The number of nitriles is 1. The van der Waals surface area contributed by atoms with Gasteiger partial charge in [-0.05, 0) is 5.56 Å². The van der Waals surface area contributed by atoms with Crippen molar-refractivity contribution in [2.24, 2.45) is 0 Å². The van der Waals surface area contributed by atoms with Crippen molar-refractivity contribution < 1.29 is 4.92 Å². The average molecular weight is 197 g/mol. The second-order valence-electron chi connectivity index (χ2n) is 2.34. The molecule has 0 amide bonds. The molecule has 0 saturated carbocycles. The van der Waals surface area contributed by atoms with E-state index in [1.54, 1.807) is 12.1 Å². The van der Waals surface area contributed by atoms with E-state index in [2.05, 4.69) is 0 Å². The van der Waals surface area contributed by atoms with Crippen molar-refractivity contribution in [1.82, 2.24) is 0 Å². The molecule has 0 bridgehead atoms. The fourth-order valence-electron chi connectivity index (χ4n) is 0.871. The third-order valence-electron chi connectivity index (χ3n) is 1.49. The van der Waals surface area contributed by atoms with Crippen LogP contribution in [-0.4, -0.2) is 4.92 Å². The molecule has 0 aromatic heterocycles. The van der Waals surface area contributed by atoms with Gasteiger partial charge in [-0.25, -0.2) is 0 Å². The predicted molar refractivity (Wildman–Crippen MR) is 47.3 cm³/mol. The van der Waals surface area contributed by atoms with E-state index in [1.807, 2.05) is 0 Å². The first-order valence-corrected chi connectivity index (χ1v) is 3.87. The lowest BCUT2D eigenvalue weighted by Gasteiger charge is -1.99. The molecular weight excluding hydrogens is 192 g/mol. The number of rotatable bonds is 2. The Balaban J connectivity index is 3.07. The summed E-state index contributed by atoms with van der Waals surface area (Å²) in [5, 5.41) is 18.0. The Hall–Kier alpha value is -1.60. The van der Waals surface area contributed by atoms with Crippen molar-refractivity contribution in [2.75, 3.05) is 0 Å². The maximum Gasteiger partial charge on any atom is 0.269 e. The SMILES string of the molecule is N#C[C@@H](Cl)c1cccc([N+](=O)[O-])c1. The van der Waals surface area contributed by atoms with Gasteiger partial charge in [-0.1, -0.05) is 12.1 Å². The number of benzene rings is 1. The van der Waals surface area contributed by atoms with Crippen molar-refractivity contribution in [1.29, 1.82) is 5.26 Å². The van der Waals surface area contributed by atoms with Gasteiger partial charge in [-0.15, -0.1) is 11.6 Å². The fourth-order valence-corrected chi connectivity index (χ4v) is 1.01. The molecule has 0 unspecified atom stereocenters. The van der Waals surface area contributed by atoms with Crippen molar-refractivity contribution in [3.05, 3.63) is 39.9 Å². The van der Waals surface area contributed by atoms with Gasteiger partial charge in [0, 0.05) is 12.1 Å². The average Bonchev–Trinajstić information content (AvgIpc) is 2.17. The molecule has 0 aliphatic rings. The molecule has 0 N–H and O–H groups in total. The minimum absolute atomic E-state index is 0.0570. The number of hydrogen-bond acceptors (Lipinski definition) is 3. The van der Waals surface area contributed by atoms with Crippen LogP contribution in [0.25, 0.3) is 0 Å². The second-order valence-corrected chi connectivity index (χ2v) is 2.78. The highest BCUT2D eigenvalue weighted by Crippen LogP contribution is 2.22. The van der Waals surface area contributed by atoms with Crippen LogP contribution in [0.3, 0.4) is 0 Å². The summed E-state index contributed by atoms with van der Waals surface area (Å²) in [6.07, 6.45) is 0. The Morgan fingerprint density at radius 3 is 2.85 bits per heavy atom. The quantitative estimate of drug-likeness (QED) is 0.414. The zero-order valence-electron chi connectivity index (χ0n) is 6.48. The number of halogens is 1. The Bertz CT molecular complexity index is 373. The third-order valence-corrected chi connectivity index (χ3v) is 1.84. The Morgan fingerprint density at radius 2 is 2.31 bits per heavy atom. The standard InChI is InChI=1S/C8H5ClN2O2/c9-8(5-10)6-2-1-3-7(4-6)11(12)13/h1-4,8H/t8-/m1/s1. The number of nitrogens with zero attached hydrogens (tertiary/aromatic N) is 2. The molecule has 1 aromatic carbocycles. The predicted octanol–water partition coefficient (Wildman–Crippen LogP) is 2.40. The highest BCUT2D eigenvalue weighted by Gasteiger charge is 2.10. The molecule has 13 heavy (non-hydrogen) atoms. The Kier molecular flexibility index (Phi) is 2.83. The lowest BCUT2D eigenvalue weighted by molar-refractivity contribution is -0.384. The Morgan fingerprint density at radius 1 is 1.62 bits per heavy atom. The maximum atomic E-state index is 10.3. The largest absolute Gasteiger partial charge is 0.269 e. The highest BCUT2D eigenvalue weighted by atomic mass is 35.5. The number of non-ortho nitro benzene ring substituents is 1. The van der Waals surface area contributed by atoms with Gasteiger partial charge in [0.25, 0.3) is 5.69 Å². The summed E-state index contributed by atoms with van der Waals surface area (Å²) in [5.41, 5.74) is 0.386. The van der Waals surface area contributed by atoms with Gasteiger partial charge >= 0.3 is 0 Å². The molecule has 1 aromatic rings. The van der Waals surface area contributed by atoms with Crippen LogP contribution in [0, 0.1) is 21.4 Å². The lowest BCUT2D eigenvalue weighted by atomic mass is 10.1. The first-order valence-electron chi connectivity index (χ1n) is 3.43. The summed E-state index contributed by atoms with van der Waals surface area (Å²) < 4.78 is 0. The van der Waals surface area contributed by atoms with Gasteiger partial charge in [-0.3, -0.25) is 10.1 Å². The lowest BCUT2D eigenvalue weighted by Crippen LogP contribution is -1.91. The van der Waals surface area contributed by atoms with E-state index in [9.17, 15) is 10.1 Å². The molecule has 5 heteroatoms. The number of nitro groups is 1. The van der Waals surface area contributed by atoms with E-state index in [0.717, 1.165) is 0 Å². The highest BCUT2D eigenvalue weighted by molar-refractivity contribution is 6.22. The summed E-state index contributed by atoms with van der Waals surface area (Å²) >= 11 is 5.58. The number of nitro benzene ring substituents is 1. The van der Waals surface area contributed by atoms with Crippen molar-refractivity contribution in [2.45, 2.75) is 5.38 Å². The molecule has 0 saturated heterocycles. The van der Waals surface area contributed by atoms with Gasteiger partial charge in [0.1, 0.15) is 5.38 Å². The first kappa shape index (κ1) is 9.49. The molecule has 1 rings (SSSR count). The molecule has 0 radical (unpaired) electrons.